The lowest BCUT2D eigenvalue weighted by Gasteiger charge is -2.08. The molecule has 2 nitrogen and oxygen atoms in total. The molecule has 0 aliphatic heterocycles. The van der Waals surface area contributed by atoms with Crippen molar-refractivity contribution in [3.63, 3.8) is 0 Å². The predicted octanol–water partition coefficient (Wildman–Crippen LogP) is 4.73. The summed E-state index contributed by atoms with van der Waals surface area (Å²) in [5, 5.41) is 5.92. The molecule has 0 aliphatic rings. The summed E-state index contributed by atoms with van der Waals surface area (Å²) in [7, 11) is 0. The summed E-state index contributed by atoms with van der Waals surface area (Å²) in [5.41, 5.74) is 0.486. The lowest BCUT2D eigenvalue weighted by Crippen LogP contribution is -2.22. The van der Waals surface area contributed by atoms with Crippen LogP contribution in [-0.4, -0.2) is 5.91 Å². The quantitative estimate of drug-likeness (QED) is 0.715. The van der Waals surface area contributed by atoms with Gasteiger partial charge < -0.3 is 5.32 Å². The van der Waals surface area contributed by atoms with Crippen molar-refractivity contribution in [3.05, 3.63) is 68.6 Å². The molecule has 0 saturated carbocycles. The van der Waals surface area contributed by atoms with Gasteiger partial charge in [-0.05, 0) is 44.9 Å². The summed E-state index contributed by atoms with van der Waals surface area (Å²) in [5.74, 6) is -0.519. The molecule has 0 spiro atoms. The highest BCUT2D eigenvalue weighted by molar-refractivity contribution is 9.10. The SMILES string of the molecule is O=C(NCc1sccc1Br)c1ccc(F)c2ccccc12. The zero-order valence-electron chi connectivity index (χ0n) is 10.9. The van der Waals surface area contributed by atoms with Crippen LogP contribution in [0, 0.1) is 5.82 Å². The number of fused-ring (bicyclic) bond motifs is 1. The first kappa shape index (κ1) is 14.2. The highest BCUT2D eigenvalue weighted by Crippen LogP contribution is 2.24. The Morgan fingerprint density at radius 3 is 2.62 bits per heavy atom. The van der Waals surface area contributed by atoms with Crippen LogP contribution in [0.1, 0.15) is 15.2 Å². The second-order valence-electron chi connectivity index (χ2n) is 4.51. The molecule has 106 valence electrons. The van der Waals surface area contributed by atoms with Gasteiger partial charge in [-0.3, -0.25) is 4.79 Å². The Kier molecular flexibility index (Phi) is 4.03. The minimum absolute atomic E-state index is 0.202. The number of carbonyl (C=O) groups is 1. The summed E-state index contributed by atoms with van der Waals surface area (Å²) in [6, 6.07) is 11.8. The number of rotatable bonds is 3. The standard InChI is InChI=1S/C16H11BrFNOS/c17-13-7-8-21-15(13)9-19-16(20)12-5-6-14(18)11-4-2-1-3-10(11)12/h1-8H,9H2,(H,19,20). The van der Waals surface area contributed by atoms with Gasteiger partial charge in [0.25, 0.3) is 5.91 Å². The van der Waals surface area contributed by atoms with Gasteiger partial charge in [0.2, 0.25) is 0 Å². The molecular weight excluding hydrogens is 353 g/mol. The van der Waals surface area contributed by atoms with Gasteiger partial charge in [0.15, 0.2) is 0 Å². The van der Waals surface area contributed by atoms with Gasteiger partial charge in [-0.25, -0.2) is 4.39 Å². The zero-order chi connectivity index (χ0) is 14.8. The molecule has 3 aromatic rings. The largest absolute Gasteiger partial charge is 0.347 e. The summed E-state index contributed by atoms with van der Waals surface area (Å²) in [4.78, 5) is 13.4. The van der Waals surface area contributed by atoms with E-state index >= 15 is 0 Å². The van der Waals surface area contributed by atoms with Gasteiger partial charge in [-0.2, -0.15) is 0 Å². The molecule has 0 fully saturated rings. The predicted molar refractivity (Wildman–Crippen MR) is 87.1 cm³/mol. The van der Waals surface area contributed by atoms with Crippen molar-refractivity contribution < 1.29 is 9.18 Å². The second kappa shape index (κ2) is 5.95. The van der Waals surface area contributed by atoms with Gasteiger partial charge in [0.05, 0.1) is 6.54 Å². The molecule has 0 radical (unpaired) electrons. The van der Waals surface area contributed by atoms with Crippen molar-refractivity contribution in [3.8, 4) is 0 Å². The minimum Gasteiger partial charge on any atom is -0.347 e. The number of hydrogen-bond donors (Lipinski definition) is 1. The highest BCUT2D eigenvalue weighted by atomic mass is 79.9. The molecule has 1 heterocycles. The fourth-order valence-electron chi connectivity index (χ4n) is 2.17. The Morgan fingerprint density at radius 2 is 1.90 bits per heavy atom. The summed E-state index contributed by atoms with van der Waals surface area (Å²) in [6.45, 7) is 0.447. The van der Waals surface area contributed by atoms with Crippen LogP contribution in [-0.2, 0) is 6.54 Å². The number of hydrogen-bond acceptors (Lipinski definition) is 2. The van der Waals surface area contributed by atoms with Gasteiger partial charge >= 0.3 is 0 Å². The molecule has 1 aromatic heterocycles. The summed E-state index contributed by atoms with van der Waals surface area (Å²) >= 11 is 5.00. The average molecular weight is 364 g/mol. The van der Waals surface area contributed by atoms with Crippen molar-refractivity contribution in [2.75, 3.05) is 0 Å². The second-order valence-corrected chi connectivity index (χ2v) is 6.37. The molecule has 5 heteroatoms. The van der Waals surface area contributed by atoms with Crippen LogP contribution < -0.4 is 5.32 Å². The number of thiophene rings is 1. The van der Waals surface area contributed by atoms with Crippen molar-refractivity contribution in [1.29, 1.82) is 0 Å². The van der Waals surface area contributed by atoms with E-state index in [1.807, 2.05) is 11.4 Å². The normalized spacial score (nSPS) is 10.8. The molecule has 0 aliphatic carbocycles. The Labute approximate surface area is 133 Å². The molecule has 0 saturated heterocycles. The van der Waals surface area contributed by atoms with E-state index in [1.165, 1.54) is 12.1 Å². The van der Waals surface area contributed by atoms with E-state index in [1.54, 1.807) is 35.6 Å². The Balaban J connectivity index is 1.88. The maximum atomic E-state index is 13.8. The summed E-state index contributed by atoms with van der Waals surface area (Å²) in [6.07, 6.45) is 0. The molecule has 3 rings (SSSR count). The summed E-state index contributed by atoms with van der Waals surface area (Å²) < 4.78 is 14.7. The van der Waals surface area contributed by atoms with Crippen LogP contribution in [0.4, 0.5) is 4.39 Å². The lowest BCUT2D eigenvalue weighted by atomic mass is 10.0. The molecule has 0 atom stereocenters. The van der Waals surface area contributed by atoms with Crippen LogP contribution in [0.5, 0.6) is 0 Å². The van der Waals surface area contributed by atoms with Crippen molar-refractivity contribution >= 4 is 43.9 Å². The number of amides is 1. The van der Waals surface area contributed by atoms with Crippen LogP contribution in [0.15, 0.2) is 52.3 Å². The van der Waals surface area contributed by atoms with E-state index in [-0.39, 0.29) is 11.7 Å². The first-order valence-corrected chi connectivity index (χ1v) is 8.01. The third-order valence-electron chi connectivity index (χ3n) is 3.22. The molecule has 2 aromatic carbocycles. The Bertz CT molecular complexity index is 815. The Morgan fingerprint density at radius 1 is 1.14 bits per heavy atom. The number of carbonyl (C=O) groups excluding carboxylic acids is 1. The number of nitrogens with one attached hydrogen (secondary N) is 1. The first-order valence-electron chi connectivity index (χ1n) is 6.34. The lowest BCUT2D eigenvalue weighted by molar-refractivity contribution is 0.0953. The maximum absolute atomic E-state index is 13.8. The van der Waals surface area contributed by atoms with Gasteiger partial charge in [0.1, 0.15) is 5.82 Å². The van der Waals surface area contributed by atoms with Crippen LogP contribution in [0.2, 0.25) is 0 Å². The van der Waals surface area contributed by atoms with Crippen molar-refractivity contribution in [1.82, 2.24) is 5.32 Å². The fraction of sp³-hybridized carbons (Fsp3) is 0.0625. The minimum atomic E-state index is -0.317. The topological polar surface area (TPSA) is 29.1 Å². The van der Waals surface area contributed by atoms with Gasteiger partial charge in [0, 0.05) is 20.3 Å². The first-order chi connectivity index (χ1) is 10.2. The van der Waals surface area contributed by atoms with Crippen molar-refractivity contribution in [2.24, 2.45) is 0 Å². The monoisotopic (exact) mass is 363 g/mol. The molecule has 0 unspecified atom stereocenters. The third kappa shape index (κ3) is 2.84. The van der Waals surface area contributed by atoms with E-state index in [4.69, 9.17) is 0 Å². The van der Waals surface area contributed by atoms with E-state index in [2.05, 4.69) is 21.2 Å². The highest BCUT2D eigenvalue weighted by Gasteiger charge is 2.12. The number of halogens is 2. The third-order valence-corrected chi connectivity index (χ3v) is 5.14. The average Bonchev–Trinajstić information content (AvgIpc) is 2.91. The smallest absolute Gasteiger partial charge is 0.252 e. The van der Waals surface area contributed by atoms with E-state index in [0.717, 1.165) is 9.35 Å². The molecule has 1 N–H and O–H groups in total. The van der Waals surface area contributed by atoms with Gasteiger partial charge in [-0.15, -0.1) is 11.3 Å². The van der Waals surface area contributed by atoms with Gasteiger partial charge in [-0.1, -0.05) is 24.3 Å². The zero-order valence-corrected chi connectivity index (χ0v) is 13.3. The maximum Gasteiger partial charge on any atom is 0.252 e. The van der Waals surface area contributed by atoms with Crippen LogP contribution in [0.25, 0.3) is 10.8 Å². The molecule has 1 amide bonds. The fourth-order valence-corrected chi connectivity index (χ4v) is 3.60. The molecular formula is C16H11BrFNOS. The van der Waals surface area contributed by atoms with E-state index in [9.17, 15) is 9.18 Å². The van der Waals surface area contributed by atoms with E-state index < -0.39 is 0 Å². The van der Waals surface area contributed by atoms with Crippen LogP contribution >= 0.6 is 27.3 Å². The Hall–Kier alpha value is -1.72. The molecule has 0 bridgehead atoms. The van der Waals surface area contributed by atoms with Crippen LogP contribution in [0.3, 0.4) is 0 Å². The molecule has 21 heavy (non-hydrogen) atoms. The van der Waals surface area contributed by atoms with E-state index in [0.29, 0.717) is 22.9 Å². The van der Waals surface area contributed by atoms with Crippen molar-refractivity contribution in [2.45, 2.75) is 6.54 Å². The number of benzene rings is 2.